The number of thiophene rings is 1. The lowest BCUT2D eigenvalue weighted by molar-refractivity contribution is 0.0602. The highest BCUT2D eigenvalue weighted by Gasteiger charge is 2.29. The molecule has 1 heterocycles. The van der Waals surface area contributed by atoms with Gasteiger partial charge in [-0.25, -0.2) is 13.2 Å². The molecule has 0 aliphatic heterocycles. The summed E-state index contributed by atoms with van der Waals surface area (Å²) in [4.78, 5) is 12.0. The average molecular weight is 396 g/mol. The zero-order valence-corrected chi connectivity index (χ0v) is 15.8. The molecule has 0 saturated heterocycles. The molecular weight excluding hydrogens is 382 g/mol. The number of ether oxygens (including phenoxy) is 1. The summed E-state index contributed by atoms with van der Waals surface area (Å²) in [6.45, 7) is 1.82. The maximum atomic E-state index is 13.0. The summed E-state index contributed by atoms with van der Waals surface area (Å²) in [5, 5.41) is 0.919. The second-order valence-corrected chi connectivity index (χ2v) is 8.40. The third-order valence-corrected chi connectivity index (χ3v) is 6.77. The van der Waals surface area contributed by atoms with E-state index in [4.69, 9.17) is 16.3 Å². The fourth-order valence-electron chi connectivity index (χ4n) is 2.38. The zero-order valence-electron chi connectivity index (χ0n) is 13.4. The summed E-state index contributed by atoms with van der Waals surface area (Å²) in [6, 6.07) is 11.8. The van der Waals surface area contributed by atoms with Crippen molar-refractivity contribution in [1.29, 1.82) is 0 Å². The van der Waals surface area contributed by atoms with Gasteiger partial charge in [0.25, 0.3) is 10.0 Å². The maximum absolute atomic E-state index is 13.0. The number of methoxy groups -OCH3 is 1. The summed E-state index contributed by atoms with van der Waals surface area (Å²) in [5.41, 5.74) is 1.16. The molecule has 1 N–H and O–H groups in total. The summed E-state index contributed by atoms with van der Waals surface area (Å²) in [6.07, 6.45) is 0. The number of halogens is 1. The highest BCUT2D eigenvalue weighted by atomic mass is 35.5. The summed E-state index contributed by atoms with van der Waals surface area (Å²) >= 11 is 7.14. The molecule has 25 heavy (non-hydrogen) atoms. The van der Waals surface area contributed by atoms with E-state index in [2.05, 4.69) is 4.72 Å². The Hall–Kier alpha value is -2.09. The lowest BCUT2D eigenvalue weighted by Crippen LogP contribution is -2.16. The third-order valence-electron chi connectivity index (χ3n) is 3.61. The third kappa shape index (κ3) is 3.35. The zero-order chi connectivity index (χ0) is 18.2. The Morgan fingerprint density at radius 2 is 1.92 bits per heavy atom. The first-order chi connectivity index (χ1) is 11.8. The number of nitrogens with one attached hydrogen (secondary N) is 1. The van der Waals surface area contributed by atoms with E-state index < -0.39 is 16.0 Å². The van der Waals surface area contributed by atoms with Crippen LogP contribution in [0, 0.1) is 6.92 Å². The summed E-state index contributed by atoms with van der Waals surface area (Å²) < 4.78 is 33.8. The van der Waals surface area contributed by atoms with Gasteiger partial charge in [-0.1, -0.05) is 35.9 Å². The Kier molecular flexibility index (Phi) is 4.73. The van der Waals surface area contributed by atoms with Crippen LogP contribution in [-0.2, 0) is 14.8 Å². The highest BCUT2D eigenvalue weighted by Crippen LogP contribution is 2.36. The first-order valence-corrected chi connectivity index (χ1v) is 9.90. The van der Waals surface area contributed by atoms with Crippen molar-refractivity contribution < 1.29 is 17.9 Å². The van der Waals surface area contributed by atoms with Gasteiger partial charge >= 0.3 is 5.97 Å². The van der Waals surface area contributed by atoms with Crippen LogP contribution in [0.5, 0.6) is 0 Å². The minimum absolute atomic E-state index is 0.0365. The first-order valence-electron chi connectivity index (χ1n) is 7.22. The maximum Gasteiger partial charge on any atom is 0.349 e. The predicted molar refractivity (Wildman–Crippen MR) is 100 cm³/mol. The molecule has 0 amide bonds. The van der Waals surface area contributed by atoms with Gasteiger partial charge in [0, 0.05) is 15.1 Å². The molecule has 0 bridgehead atoms. The number of hydrogen-bond acceptors (Lipinski definition) is 5. The topological polar surface area (TPSA) is 72.5 Å². The minimum Gasteiger partial charge on any atom is -0.465 e. The second-order valence-electron chi connectivity index (χ2n) is 5.32. The number of hydrogen-bond donors (Lipinski definition) is 1. The highest BCUT2D eigenvalue weighted by molar-refractivity contribution is 7.93. The number of carbonyl (C=O) groups excluding carboxylic acids is 1. The van der Waals surface area contributed by atoms with Crippen LogP contribution in [-0.4, -0.2) is 21.5 Å². The van der Waals surface area contributed by atoms with E-state index in [-0.39, 0.29) is 9.77 Å². The van der Waals surface area contributed by atoms with Crippen LogP contribution in [0.25, 0.3) is 10.1 Å². The van der Waals surface area contributed by atoms with Crippen molar-refractivity contribution in [3.8, 4) is 0 Å². The van der Waals surface area contributed by atoms with Crippen molar-refractivity contribution in [2.75, 3.05) is 11.8 Å². The number of rotatable bonds is 4. The monoisotopic (exact) mass is 395 g/mol. The van der Waals surface area contributed by atoms with Crippen molar-refractivity contribution in [2.45, 2.75) is 11.8 Å². The molecule has 0 fully saturated rings. The molecule has 3 aromatic rings. The van der Waals surface area contributed by atoms with Crippen molar-refractivity contribution in [1.82, 2.24) is 0 Å². The van der Waals surface area contributed by atoms with Gasteiger partial charge in [-0.05, 0) is 30.7 Å². The second kappa shape index (κ2) is 6.67. The largest absolute Gasteiger partial charge is 0.465 e. The quantitative estimate of drug-likeness (QED) is 0.662. The number of carbonyl (C=O) groups is 1. The van der Waals surface area contributed by atoms with E-state index in [0.717, 1.165) is 16.9 Å². The Morgan fingerprint density at radius 1 is 1.20 bits per heavy atom. The molecule has 0 spiro atoms. The molecule has 0 atom stereocenters. The van der Waals surface area contributed by atoms with Gasteiger partial charge in [0.1, 0.15) is 9.77 Å². The molecule has 8 heteroatoms. The van der Waals surface area contributed by atoms with Crippen LogP contribution in [0.4, 0.5) is 5.69 Å². The fraction of sp³-hybridized carbons (Fsp3) is 0.118. The molecule has 0 saturated carbocycles. The average Bonchev–Trinajstić information content (AvgIpc) is 2.97. The van der Waals surface area contributed by atoms with Gasteiger partial charge < -0.3 is 4.74 Å². The number of fused-ring (bicyclic) bond motifs is 1. The number of esters is 1. The summed E-state index contributed by atoms with van der Waals surface area (Å²) in [7, 11) is -2.79. The van der Waals surface area contributed by atoms with Crippen molar-refractivity contribution >= 4 is 54.7 Å². The van der Waals surface area contributed by atoms with Crippen LogP contribution in [0.1, 0.15) is 15.2 Å². The molecular formula is C17H14ClNO4S2. The van der Waals surface area contributed by atoms with Crippen LogP contribution in [0.2, 0.25) is 5.02 Å². The fourth-order valence-corrected chi connectivity index (χ4v) is 5.43. The molecule has 0 radical (unpaired) electrons. The van der Waals surface area contributed by atoms with Crippen LogP contribution in [0.15, 0.2) is 47.4 Å². The standard InChI is InChI=1S/C17H14ClNO4S2/c1-10-7-8-11(9-13(10)18)19-25(21,22)16-12-5-3-4-6-14(12)24-15(16)17(20)23-2/h3-9,19H,1-2H3. The summed E-state index contributed by atoms with van der Waals surface area (Å²) in [5.74, 6) is -0.691. The molecule has 0 aliphatic rings. The molecule has 1 aromatic heterocycles. The van der Waals surface area contributed by atoms with E-state index in [1.807, 2.05) is 6.92 Å². The van der Waals surface area contributed by atoms with E-state index in [1.165, 1.54) is 13.2 Å². The molecule has 130 valence electrons. The van der Waals surface area contributed by atoms with Crippen LogP contribution >= 0.6 is 22.9 Å². The van der Waals surface area contributed by atoms with Gasteiger partial charge in [-0.15, -0.1) is 11.3 Å². The number of sulfonamides is 1. The van der Waals surface area contributed by atoms with E-state index in [0.29, 0.717) is 20.8 Å². The number of aryl methyl sites for hydroxylation is 1. The van der Waals surface area contributed by atoms with Crippen molar-refractivity contribution in [3.63, 3.8) is 0 Å². The van der Waals surface area contributed by atoms with Crippen LogP contribution < -0.4 is 4.72 Å². The normalized spacial score (nSPS) is 11.5. The van der Waals surface area contributed by atoms with E-state index in [1.54, 1.807) is 36.4 Å². The predicted octanol–water partition coefficient (Wildman–Crippen LogP) is 4.45. The van der Waals surface area contributed by atoms with E-state index in [9.17, 15) is 13.2 Å². The molecule has 3 rings (SSSR count). The van der Waals surface area contributed by atoms with Gasteiger partial charge in [0.05, 0.1) is 12.8 Å². The Labute approximate surface area is 154 Å². The van der Waals surface area contributed by atoms with Gasteiger partial charge in [0.15, 0.2) is 0 Å². The SMILES string of the molecule is COC(=O)c1sc2ccccc2c1S(=O)(=O)Nc1ccc(C)c(Cl)c1. The smallest absolute Gasteiger partial charge is 0.349 e. The Bertz CT molecular complexity index is 1070. The van der Waals surface area contributed by atoms with Gasteiger partial charge in [-0.3, -0.25) is 4.72 Å². The van der Waals surface area contributed by atoms with Crippen molar-refractivity contribution in [2.24, 2.45) is 0 Å². The van der Waals surface area contributed by atoms with Gasteiger partial charge in [0.2, 0.25) is 0 Å². The molecule has 5 nitrogen and oxygen atoms in total. The Balaban J connectivity index is 2.15. The van der Waals surface area contributed by atoms with Crippen molar-refractivity contribution in [3.05, 3.63) is 57.9 Å². The van der Waals surface area contributed by atoms with Gasteiger partial charge in [-0.2, -0.15) is 0 Å². The van der Waals surface area contributed by atoms with Crippen LogP contribution in [0.3, 0.4) is 0 Å². The first kappa shape index (κ1) is 17.7. The lowest BCUT2D eigenvalue weighted by atomic mass is 10.2. The number of benzene rings is 2. The molecule has 2 aromatic carbocycles. The Morgan fingerprint density at radius 3 is 2.60 bits per heavy atom. The number of anilines is 1. The molecule has 0 unspecified atom stereocenters. The lowest BCUT2D eigenvalue weighted by Gasteiger charge is -2.10. The minimum atomic E-state index is -4.01. The molecule has 0 aliphatic carbocycles. The van der Waals surface area contributed by atoms with E-state index >= 15 is 0 Å².